The summed E-state index contributed by atoms with van der Waals surface area (Å²) in [6.45, 7) is 7.98. The molecule has 1 heterocycles. The van der Waals surface area contributed by atoms with Crippen LogP contribution in [0, 0.1) is 17.3 Å². The normalized spacial score (nSPS) is 21.7. The molecular weight excluding hydrogens is 444 g/mol. The monoisotopic (exact) mass is 478 g/mol. The molecule has 0 spiro atoms. The van der Waals surface area contributed by atoms with Gasteiger partial charge in [0.15, 0.2) is 0 Å². The Kier molecular flexibility index (Phi) is 6.88. The number of fused-ring (bicyclic) bond motifs is 3. The number of alkyl carbamates (subject to hydrolysis) is 1. The summed E-state index contributed by atoms with van der Waals surface area (Å²) in [6, 6.07) is 15.4. The Morgan fingerprint density at radius 3 is 2.17 bits per heavy atom. The van der Waals surface area contributed by atoms with Crippen molar-refractivity contribution < 1.29 is 24.2 Å². The van der Waals surface area contributed by atoms with Crippen LogP contribution in [0.15, 0.2) is 48.5 Å². The van der Waals surface area contributed by atoms with E-state index < -0.39 is 23.5 Å². The highest BCUT2D eigenvalue weighted by Gasteiger charge is 2.44. The molecule has 1 aliphatic carbocycles. The fraction of sp³-hybridized carbons (Fsp3) is 0.464. The van der Waals surface area contributed by atoms with E-state index >= 15 is 0 Å². The quantitative estimate of drug-likeness (QED) is 0.637. The average molecular weight is 479 g/mol. The standard InChI is InChI=1S/C28H34N2O5/c1-17-13-18(2)24(25(31)32)30(14-17)26(33)28(3,4)16-29-27(34)35-15-23-21-11-7-5-9-19(21)20-10-6-8-12-22(20)23/h5-12,17-18,23-24H,13-16H2,1-4H3,(H,29,34)(H,31,32). The van der Waals surface area contributed by atoms with E-state index in [1.807, 2.05) is 38.1 Å². The molecule has 2 amide bonds. The number of ether oxygens (including phenoxy) is 1. The van der Waals surface area contributed by atoms with Crippen molar-refractivity contribution in [3.63, 3.8) is 0 Å². The first-order valence-corrected chi connectivity index (χ1v) is 12.2. The van der Waals surface area contributed by atoms with Gasteiger partial charge in [0.25, 0.3) is 0 Å². The fourth-order valence-electron chi connectivity index (χ4n) is 5.59. The molecule has 186 valence electrons. The third-order valence-electron chi connectivity index (χ3n) is 7.27. The summed E-state index contributed by atoms with van der Waals surface area (Å²) in [6.07, 6.45) is 0.169. The minimum absolute atomic E-state index is 0.0459. The summed E-state index contributed by atoms with van der Waals surface area (Å²) in [7, 11) is 0. The fourth-order valence-corrected chi connectivity index (χ4v) is 5.59. The second-order valence-corrected chi connectivity index (χ2v) is 10.6. The Hall–Kier alpha value is -3.35. The first-order chi connectivity index (χ1) is 16.6. The average Bonchev–Trinajstić information content (AvgIpc) is 3.14. The molecule has 3 unspecified atom stereocenters. The largest absolute Gasteiger partial charge is 0.480 e. The summed E-state index contributed by atoms with van der Waals surface area (Å²) in [4.78, 5) is 39.3. The molecular formula is C28H34N2O5. The summed E-state index contributed by atoms with van der Waals surface area (Å²) in [5, 5.41) is 12.5. The number of piperidine rings is 1. The van der Waals surface area contributed by atoms with Gasteiger partial charge in [0.05, 0.1) is 5.41 Å². The number of carboxylic acids is 1. The molecule has 2 aromatic carbocycles. The van der Waals surface area contributed by atoms with E-state index in [0.717, 1.165) is 28.7 Å². The van der Waals surface area contributed by atoms with E-state index in [4.69, 9.17) is 4.74 Å². The summed E-state index contributed by atoms with van der Waals surface area (Å²) in [5.74, 6) is -1.22. The maximum Gasteiger partial charge on any atom is 0.407 e. The molecule has 1 saturated heterocycles. The van der Waals surface area contributed by atoms with Crippen molar-refractivity contribution in [1.82, 2.24) is 10.2 Å². The second kappa shape index (κ2) is 9.72. The van der Waals surface area contributed by atoms with Crippen LogP contribution in [0.2, 0.25) is 0 Å². The van der Waals surface area contributed by atoms with Crippen molar-refractivity contribution in [1.29, 1.82) is 0 Å². The first kappa shape index (κ1) is 24.8. The lowest BCUT2D eigenvalue weighted by Gasteiger charge is -2.43. The van der Waals surface area contributed by atoms with Crippen LogP contribution in [0.5, 0.6) is 0 Å². The third-order valence-corrected chi connectivity index (χ3v) is 7.27. The molecule has 1 fully saturated rings. The predicted molar refractivity (Wildman–Crippen MR) is 133 cm³/mol. The Labute approximate surface area is 206 Å². The number of rotatable bonds is 6. The van der Waals surface area contributed by atoms with Gasteiger partial charge in [-0.3, -0.25) is 4.79 Å². The van der Waals surface area contributed by atoms with Crippen LogP contribution in [0.3, 0.4) is 0 Å². The molecule has 0 saturated carbocycles. The van der Waals surface area contributed by atoms with Gasteiger partial charge in [-0.25, -0.2) is 9.59 Å². The van der Waals surface area contributed by atoms with Crippen LogP contribution in [0.25, 0.3) is 11.1 Å². The predicted octanol–water partition coefficient (Wildman–Crippen LogP) is 4.51. The molecule has 0 aromatic heterocycles. The van der Waals surface area contributed by atoms with Crippen LogP contribution in [-0.4, -0.2) is 53.7 Å². The molecule has 3 atom stereocenters. The van der Waals surface area contributed by atoms with Gasteiger partial charge in [-0.1, -0.05) is 62.4 Å². The highest BCUT2D eigenvalue weighted by molar-refractivity contribution is 5.88. The maximum atomic E-state index is 13.4. The summed E-state index contributed by atoms with van der Waals surface area (Å²) < 4.78 is 5.58. The lowest BCUT2D eigenvalue weighted by atomic mass is 9.82. The van der Waals surface area contributed by atoms with Crippen LogP contribution in [0.1, 0.15) is 51.2 Å². The van der Waals surface area contributed by atoms with E-state index in [0.29, 0.717) is 6.54 Å². The highest BCUT2D eigenvalue weighted by Crippen LogP contribution is 2.44. The first-order valence-electron chi connectivity index (χ1n) is 12.2. The van der Waals surface area contributed by atoms with Crippen molar-refractivity contribution >= 4 is 18.0 Å². The molecule has 7 nitrogen and oxygen atoms in total. The minimum atomic E-state index is -0.988. The molecule has 35 heavy (non-hydrogen) atoms. The lowest BCUT2D eigenvalue weighted by Crippen LogP contribution is -2.58. The molecule has 0 bridgehead atoms. The van der Waals surface area contributed by atoms with Crippen molar-refractivity contribution in [2.24, 2.45) is 17.3 Å². The Balaban J connectivity index is 1.38. The number of hydrogen-bond donors (Lipinski definition) is 2. The number of benzene rings is 2. The van der Waals surface area contributed by atoms with E-state index in [-0.39, 0.29) is 36.8 Å². The number of likely N-dealkylation sites (tertiary alicyclic amines) is 1. The summed E-state index contributed by atoms with van der Waals surface area (Å²) >= 11 is 0. The van der Waals surface area contributed by atoms with Gasteiger partial charge in [-0.15, -0.1) is 0 Å². The van der Waals surface area contributed by atoms with Gasteiger partial charge in [-0.2, -0.15) is 0 Å². The van der Waals surface area contributed by atoms with E-state index in [1.165, 1.54) is 4.90 Å². The van der Waals surface area contributed by atoms with E-state index in [2.05, 4.69) is 29.6 Å². The number of nitrogens with one attached hydrogen (secondary N) is 1. The molecule has 1 aliphatic heterocycles. The number of nitrogens with zero attached hydrogens (tertiary/aromatic N) is 1. The van der Waals surface area contributed by atoms with Crippen molar-refractivity contribution in [3.05, 3.63) is 59.7 Å². The van der Waals surface area contributed by atoms with Gasteiger partial charge < -0.3 is 20.1 Å². The molecule has 2 aliphatic rings. The zero-order valence-electron chi connectivity index (χ0n) is 20.8. The van der Waals surface area contributed by atoms with Crippen LogP contribution >= 0.6 is 0 Å². The molecule has 7 heteroatoms. The Morgan fingerprint density at radius 2 is 1.60 bits per heavy atom. The maximum absolute atomic E-state index is 13.4. The van der Waals surface area contributed by atoms with Gasteiger partial charge in [-0.05, 0) is 54.4 Å². The zero-order chi connectivity index (χ0) is 25.3. The number of amides is 2. The second-order valence-electron chi connectivity index (χ2n) is 10.6. The van der Waals surface area contributed by atoms with E-state index in [9.17, 15) is 19.5 Å². The van der Waals surface area contributed by atoms with Crippen molar-refractivity contribution in [2.75, 3.05) is 19.7 Å². The minimum Gasteiger partial charge on any atom is -0.480 e. The highest BCUT2D eigenvalue weighted by atomic mass is 16.5. The smallest absolute Gasteiger partial charge is 0.407 e. The van der Waals surface area contributed by atoms with Gasteiger partial charge >= 0.3 is 12.1 Å². The van der Waals surface area contributed by atoms with Crippen LogP contribution < -0.4 is 5.32 Å². The molecule has 4 rings (SSSR count). The molecule has 2 aromatic rings. The van der Waals surface area contributed by atoms with Gasteiger partial charge in [0.2, 0.25) is 5.91 Å². The topological polar surface area (TPSA) is 95.9 Å². The lowest BCUT2D eigenvalue weighted by molar-refractivity contribution is -0.160. The molecule has 0 radical (unpaired) electrons. The summed E-state index contributed by atoms with van der Waals surface area (Å²) in [5.41, 5.74) is 3.59. The number of carbonyl (C=O) groups excluding carboxylic acids is 2. The van der Waals surface area contributed by atoms with Gasteiger partial charge in [0, 0.05) is 19.0 Å². The van der Waals surface area contributed by atoms with Crippen LogP contribution in [0.4, 0.5) is 4.79 Å². The number of carbonyl (C=O) groups is 3. The third kappa shape index (κ3) is 4.90. The zero-order valence-corrected chi connectivity index (χ0v) is 20.8. The number of carboxylic acid groups (broad SMARTS) is 1. The SMILES string of the molecule is CC1CC(C)C(C(=O)O)N(C(=O)C(C)(C)CNC(=O)OCC2c3ccccc3-c3ccccc32)C1. The number of hydrogen-bond acceptors (Lipinski definition) is 4. The van der Waals surface area contributed by atoms with Crippen LogP contribution in [-0.2, 0) is 14.3 Å². The Bertz CT molecular complexity index is 1080. The molecule has 2 N–H and O–H groups in total. The van der Waals surface area contributed by atoms with Gasteiger partial charge in [0.1, 0.15) is 12.6 Å². The van der Waals surface area contributed by atoms with Crippen molar-refractivity contribution in [3.8, 4) is 11.1 Å². The number of aliphatic carboxylic acids is 1. The van der Waals surface area contributed by atoms with E-state index in [1.54, 1.807) is 13.8 Å². The Morgan fingerprint density at radius 1 is 1.03 bits per heavy atom. The van der Waals surface area contributed by atoms with Crippen molar-refractivity contribution in [2.45, 2.75) is 46.1 Å².